The molecule has 0 bridgehead atoms. The van der Waals surface area contributed by atoms with Gasteiger partial charge in [0.2, 0.25) is 10.0 Å². The van der Waals surface area contributed by atoms with Crippen LogP contribution in [0.1, 0.15) is 24.0 Å². The van der Waals surface area contributed by atoms with Gasteiger partial charge in [0, 0.05) is 5.69 Å². The standard InChI is InChI=1S/C12H20N2O2S/c1-10-5-6-12(9-11(10)2)14-17(15,16)8-4-3-7-13/h5-6,9,14H,3-4,7-8,13H2,1-2H3. The molecule has 0 aliphatic carbocycles. The first-order chi connectivity index (χ1) is 7.94. The number of nitrogens with two attached hydrogens (primary N) is 1. The molecule has 0 saturated carbocycles. The molecule has 0 aromatic heterocycles. The van der Waals surface area contributed by atoms with E-state index in [9.17, 15) is 8.42 Å². The van der Waals surface area contributed by atoms with Crippen molar-refractivity contribution in [3.63, 3.8) is 0 Å². The highest BCUT2D eigenvalue weighted by Gasteiger charge is 2.09. The van der Waals surface area contributed by atoms with Crippen LogP contribution in [-0.4, -0.2) is 20.7 Å². The molecule has 0 aliphatic heterocycles. The molecule has 17 heavy (non-hydrogen) atoms. The van der Waals surface area contributed by atoms with E-state index in [0.717, 1.165) is 17.5 Å². The highest BCUT2D eigenvalue weighted by Crippen LogP contribution is 2.15. The Balaban J connectivity index is 2.66. The van der Waals surface area contributed by atoms with Gasteiger partial charge in [-0.05, 0) is 56.5 Å². The zero-order valence-electron chi connectivity index (χ0n) is 10.4. The Hall–Kier alpha value is -1.07. The summed E-state index contributed by atoms with van der Waals surface area (Å²) in [7, 11) is -3.24. The maximum atomic E-state index is 11.7. The van der Waals surface area contributed by atoms with Crippen LogP contribution in [0.15, 0.2) is 18.2 Å². The summed E-state index contributed by atoms with van der Waals surface area (Å²) in [5.41, 5.74) is 8.18. The number of aryl methyl sites for hydroxylation is 2. The molecule has 0 amide bonds. The fourth-order valence-electron chi connectivity index (χ4n) is 1.47. The molecule has 0 spiro atoms. The normalized spacial score (nSPS) is 11.5. The molecular weight excluding hydrogens is 236 g/mol. The molecule has 1 aromatic carbocycles. The van der Waals surface area contributed by atoms with E-state index >= 15 is 0 Å². The van der Waals surface area contributed by atoms with Crippen LogP contribution in [0.3, 0.4) is 0 Å². The van der Waals surface area contributed by atoms with Gasteiger partial charge < -0.3 is 5.73 Å². The first kappa shape index (κ1) is 14.0. The lowest BCUT2D eigenvalue weighted by Crippen LogP contribution is -2.17. The van der Waals surface area contributed by atoms with E-state index in [0.29, 0.717) is 18.7 Å². The van der Waals surface area contributed by atoms with Crippen LogP contribution in [0.5, 0.6) is 0 Å². The van der Waals surface area contributed by atoms with Crippen molar-refractivity contribution in [2.75, 3.05) is 17.0 Å². The molecule has 0 radical (unpaired) electrons. The first-order valence-corrected chi connectivity index (χ1v) is 7.37. The summed E-state index contributed by atoms with van der Waals surface area (Å²) in [6, 6.07) is 5.53. The minimum Gasteiger partial charge on any atom is -0.330 e. The van der Waals surface area contributed by atoms with Gasteiger partial charge in [-0.1, -0.05) is 6.07 Å². The van der Waals surface area contributed by atoms with E-state index in [1.807, 2.05) is 26.0 Å². The van der Waals surface area contributed by atoms with Gasteiger partial charge in [-0.3, -0.25) is 4.72 Å². The number of anilines is 1. The van der Waals surface area contributed by atoms with Gasteiger partial charge >= 0.3 is 0 Å². The number of unbranched alkanes of at least 4 members (excludes halogenated alkanes) is 1. The summed E-state index contributed by atoms with van der Waals surface area (Å²) in [6.07, 6.45) is 1.32. The minimum absolute atomic E-state index is 0.122. The maximum Gasteiger partial charge on any atom is 0.232 e. The maximum absolute atomic E-state index is 11.7. The fourth-order valence-corrected chi connectivity index (χ4v) is 2.64. The van der Waals surface area contributed by atoms with Crippen LogP contribution in [-0.2, 0) is 10.0 Å². The number of benzene rings is 1. The molecule has 96 valence electrons. The predicted molar refractivity (Wildman–Crippen MR) is 71.6 cm³/mol. The molecule has 5 heteroatoms. The van der Waals surface area contributed by atoms with Gasteiger partial charge in [0.15, 0.2) is 0 Å². The van der Waals surface area contributed by atoms with Crippen LogP contribution in [0, 0.1) is 13.8 Å². The lowest BCUT2D eigenvalue weighted by atomic mass is 10.1. The number of hydrogen-bond acceptors (Lipinski definition) is 3. The molecule has 0 atom stereocenters. The second kappa shape index (κ2) is 6.02. The van der Waals surface area contributed by atoms with Crippen molar-refractivity contribution in [1.82, 2.24) is 0 Å². The number of nitrogens with one attached hydrogen (secondary N) is 1. The Morgan fingerprint density at radius 1 is 1.18 bits per heavy atom. The molecule has 0 aliphatic rings. The molecule has 0 unspecified atom stereocenters. The van der Waals surface area contributed by atoms with E-state index in [2.05, 4.69) is 4.72 Å². The first-order valence-electron chi connectivity index (χ1n) is 5.72. The Kier molecular flexibility index (Phi) is 4.96. The van der Waals surface area contributed by atoms with Gasteiger partial charge in [-0.15, -0.1) is 0 Å². The average Bonchev–Trinajstić information content (AvgIpc) is 2.23. The van der Waals surface area contributed by atoms with Crippen molar-refractivity contribution in [3.8, 4) is 0 Å². The van der Waals surface area contributed by atoms with Crippen molar-refractivity contribution >= 4 is 15.7 Å². The van der Waals surface area contributed by atoms with Gasteiger partial charge in [0.1, 0.15) is 0 Å². The molecule has 0 fully saturated rings. The summed E-state index contributed by atoms with van der Waals surface area (Å²) in [6.45, 7) is 4.48. The monoisotopic (exact) mass is 256 g/mol. The predicted octanol–water partition coefficient (Wildman–Crippen LogP) is 1.78. The molecule has 1 aromatic rings. The molecule has 4 nitrogen and oxygen atoms in total. The van der Waals surface area contributed by atoms with E-state index in [4.69, 9.17) is 5.73 Å². The molecule has 0 saturated heterocycles. The van der Waals surface area contributed by atoms with Crippen LogP contribution in [0.2, 0.25) is 0 Å². The van der Waals surface area contributed by atoms with Gasteiger partial charge in [0.25, 0.3) is 0 Å². The third kappa shape index (κ3) is 4.75. The molecule has 3 N–H and O–H groups in total. The van der Waals surface area contributed by atoms with Crippen molar-refractivity contribution in [2.24, 2.45) is 5.73 Å². The summed E-state index contributed by atoms with van der Waals surface area (Å²) < 4.78 is 26.0. The quantitative estimate of drug-likeness (QED) is 0.762. The largest absolute Gasteiger partial charge is 0.330 e. The van der Waals surface area contributed by atoms with E-state index < -0.39 is 10.0 Å². The summed E-state index contributed by atoms with van der Waals surface area (Å²) in [5.74, 6) is 0.122. The van der Waals surface area contributed by atoms with Crippen molar-refractivity contribution in [1.29, 1.82) is 0 Å². The summed E-state index contributed by atoms with van der Waals surface area (Å²) in [4.78, 5) is 0. The van der Waals surface area contributed by atoms with Gasteiger partial charge in [0.05, 0.1) is 5.75 Å². The van der Waals surface area contributed by atoms with Crippen LogP contribution < -0.4 is 10.5 Å². The third-order valence-corrected chi connectivity index (χ3v) is 4.02. The van der Waals surface area contributed by atoms with Crippen molar-refractivity contribution in [2.45, 2.75) is 26.7 Å². The summed E-state index contributed by atoms with van der Waals surface area (Å²) >= 11 is 0. The second-order valence-corrected chi connectivity index (χ2v) is 6.06. The third-order valence-electron chi connectivity index (χ3n) is 2.65. The van der Waals surface area contributed by atoms with E-state index in [-0.39, 0.29) is 5.75 Å². The Morgan fingerprint density at radius 3 is 2.47 bits per heavy atom. The van der Waals surface area contributed by atoms with Crippen molar-refractivity contribution < 1.29 is 8.42 Å². The van der Waals surface area contributed by atoms with E-state index in [1.165, 1.54) is 0 Å². The van der Waals surface area contributed by atoms with Crippen LogP contribution in [0.25, 0.3) is 0 Å². The smallest absolute Gasteiger partial charge is 0.232 e. The van der Waals surface area contributed by atoms with Gasteiger partial charge in [-0.25, -0.2) is 8.42 Å². The van der Waals surface area contributed by atoms with E-state index in [1.54, 1.807) is 6.07 Å². The topological polar surface area (TPSA) is 72.2 Å². The lowest BCUT2D eigenvalue weighted by Gasteiger charge is -2.09. The Labute approximate surface area is 103 Å². The van der Waals surface area contributed by atoms with Crippen LogP contribution in [0.4, 0.5) is 5.69 Å². The molecular formula is C12H20N2O2S. The Bertz CT molecular complexity index is 469. The zero-order valence-corrected chi connectivity index (χ0v) is 11.2. The SMILES string of the molecule is Cc1ccc(NS(=O)(=O)CCCCN)cc1C. The number of sulfonamides is 1. The number of rotatable bonds is 6. The molecule has 1 rings (SSSR count). The number of hydrogen-bond donors (Lipinski definition) is 2. The molecule has 0 heterocycles. The second-order valence-electron chi connectivity index (χ2n) is 4.22. The lowest BCUT2D eigenvalue weighted by molar-refractivity contribution is 0.597. The highest BCUT2D eigenvalue weighted by molar-refractivity contribution is 7.92. The minimum atomic E-state index is -3.24. The summed E-state index contributed by atoms with van der Waals surface area (Å²) in [5, 5.41) is 0. The highest BCUT2D eigenvalue weighted by atomic mass is 32.2. The average molecular weight is 256 g/mol. The zero-order chi connectivity index (χ0) is 12.9. The Morgan fingerprint density at radius 2 is 1.88 bits per heavy atom. The van der Waals surface area contributed by atoms with Crippen molar-refractivity contribution in [3.05, 3.63) is 29.3 Å². The van der Waals surface area contributed by atoms with Gasteiger partial charge in [-0.2, -0.15) is 0 Å². The van der Waals surface area contributed by atoms with Crippen LogP contribution >= 0.6 is 0 Å². The fraction of sp³-hybridized carbons (Fsp3) is 0.500.